The summed E-state index contributed by atoms with van der Waals surface area (Å²) in [4.78, 5) is 17.7. The molecule has 5 nitrogen and oxygen atoms in total. The highest BCUT2D eigenvalue weighted by molar-refractivity contribution is 5.94. The van der Waals surface area contributed by atoms with E-state index in [0.29, 0.717) is 31.1 Å². The van der Waals surface area contributed by atoms with E-state index in [0.717, 1.165) is 0 Å². The topological polar surface area (TPSA) is 68.5 Å². The Hall–Kier alpha value is -1.62. The van der Waals surface area contributed by atoms with Gasteiger partial charge < -0.3 is 15.4 Å². The minimum absolute atomic E-state index is 0.0114. The highest BCUT2D eigenvalue weighted by Crippen LogP contribution is 2.10. The second kappa shape index (κ2) is 4.49. The largest absolute Gasteiger partial charge is 0.384 e. The van der Waals surface area contributed by atoms with Gasteiger partial charge in [0.15, 0.2) is 0 Å². The van der Waals surface area contributed by atoms with Crippen molar-refractivity contribution in [3.05, 3.63) is 23.9 Å². The molecule has 2 N–H and O–H groups in total. The van der Waals surface area contributed by atoms with Crippen LogP contribution in [0.2, 0.25) is 0 Å². The van der Waals surface area contributed by atoms with Gasteiger partial charge in [0.25, 0.3) is 5.91 Å². The molecule has 5 heteroatoms. The van der Waals surface area contributed by atoms with Crippen LogP contribution in [-0.2, 0) is 4.74 Å². The Morgan fingerprint density at radius 3 is 3.06 bits per heavy atom. The lowest BCUT2D eigenvalue weighted by molar-refractivity contribution is -0.0124. The second-order valence-corrected chi connectivity index (χ2v) is 3.90. The van der Waals surface area contributed by atoms with Crippen molar-refractivity contribution >= 4 is 11.7 Å². The smallest absolute Gasteiger partial charge is 0.255 e. The summed E-state index contributed by atoms with van der Waals surface area (Å²) in [5.74, 6) is 0.412. The molecule has 16 heavy (non-hydrogen) atoms. The number of aromatic nitrogens is 1. The van der Waals surface area contributed by atoms with Gasteiger partial charge in [0, 0.05) is 19.3 Å². The fourth-order valence-corrected chi connectivity index (χ4v) is 1.72. The molecule has 1 aliphatic heterocycles. The summed E-state index contributed by atoms with van der Waals surface area (Å²) in [6.45, 7) is 3.81. The lowest BCUT2D eigenvalue weighted by atomic mass is 10.2. The van der Waals surface area contributed by atoms with Gasteiger partial charge in [-0.2, -0.15) is 0 Å². The van der Waals surface area contributed by atoms with Crippen molar-refractivity contribution in [1.82, 2.24) is 9.88 Å². The van der Waals surface area contributed by atoms with E-state index in [-0.39, 0.29) is 12.0 Å². The SMILES string of the molecule is C[C@@H]1CN(C(=O)c2ccc(N)nc2)CCO1. The Kier molecular flexibility index (Phi) is 3.05. The average Bonchev–Trinajstić information content (AvgIpc) is 2.29. The van der Waals surface area contributed by atoms with E-state index in [1.807, 2.05) is 6.92 Å². The fourth-order valence-electron chi connectivity index (χ4n) is 1.72. The molecule has 1 atom stereocenters. The van der Waals surface area contributed by atoms with E-state index < -0.39 is 0 Å². The van der Waals surface area contributed by atoms with Crippen LogP contribution in [-0.4, -0.2) is 41.6 Å². The van der Waals surface area contributed by atoms with Crippen molar-refractivity contribution in [2.45, 2.75) is 13.0 Å². The first kappa shape index (κ1) is 10.9. The molecule has 0 bridgehead atoms. The molecule has 1 fully saturated rings. The minimum atomic E-state index is -0.0114. The highest BCUT2D eigenvalue weighted by atomic mass is 16.5. The normalized spacial score (nSPS) is 20.8. The number of nitrogens with two attached hydrogens (primary N) is 1. The van der Waals surface area contributed by atoms with Crippen molar-refractivity contribution in [2.75, 3.05) is 25.4 Å². The van der Waals surface area contributed by atoms with Gasteiger partial charge in [0.1, 0.15) is 5.82 Å². The second-order valence-electron chi connectivity index (χ2n) is 3.90. The van der Waals surface area contributed by atoms with Gasteiger partial charge >= 0.3 is 0 Å². The summed E-state index contributed by atoms with van der Waals surface area (Å²) in [6, 6.07) is 3.34. The maximum atomic E-state index is 12.0. The van der Waals surface area contributed by atoms with E-state index >= 15 is 0 Å². The maximum Gasteiger partial charge on any atom is 0.255 e. The molecular formula is C11H15N3O2. The number of morpholine rings is 1. The summed E-state index contributed by atoms with van der Waals surface area (Å²) in [5, 5.41) is 0. The van der Waals surface area contributed by atoms with Crippen LogP contribution in [0.25, 0.3) is 0 Å². The number of carbonyl (C=O) groups is 1. The predicted octanol–water partition coefficient (Wildman–Crippen LogP) is 0.525. The Morgan fingerprint density at radius 1 is 1.62 bits per heavy atom. The Balaban J connectivity index is 2.09. The quantitative estimate of drug-likeness (QED) is 0.750. The number of hydrogen-bond donors (Lipinski definition) is 1. The molecule has 1 aromatic rings. The first-order valence-electron chi connectivity index (χ1n) is 5.29. The standard InChI is InChI=1S/C11H15N3O2/c1-8-7-14(4-5-16-8)11(15)9-2-3-10(12)13-6-9/h2-3,6,8H,4-5,7H2,1H3,(H2,12,13)/t8-/m1/s1. The number of amides is 1. The van der Waals surface area contributed by atoms with Crippen LogP contribution in [0.5, 0.6) is 0 Å². The molecule has 0 radical (unpaired) electrons. The summed E-state index contributed by atoms with van der Waals surface area (Å²) in [5.41, 5.74) is 6.04. The third kappa shape index (κ3) is 2.30. The van der Waals surface area contributed by atoms with E-state index in [9.17, 15) is 4.79 Å². The van der Waals surface area contributed by atoms with Crippen molar-refractivity contribution < 1.29 is 9.53 Å². The molecule has 1 aromatic heterocycles. The van der Waals surface area contributed by atoms with E-state index in [4.69, 9.17) is 10.5 Å². The number of ether oxygens (including phenoxy) is 1. The van der Waals surface area contributed by atoms with E-state index in [2.05, 4.69) is 4.98 Å². The van der Waals surface area contributed by atoms with Gasteiger partial charge in [-0.05, 0) is 19.1 Å². The first-order valence-corrected chi connectivity index (χ1v) is 5.29. The zero-order valence-corrected chi connectivity index (χ0v) is 9.22. The number of hydrogen-bond acceptors (Lipinski definition) is 4. The van der Waals surface area contributed by atoms with Gasteiger partial charge in [0.2, 0.25) is 0 Å². The predicted molar refractivity (Wildman–Crippen MR) is 60.0 cm³/mol. The zero-order valence-electron chi connectivity index (χ0n) is 9.22. The Morgan fingerprint density at radius 2 is 2.44 bits per heavy atom. The van der Waals surface area contributed by atoms with Crippen LogP contribution in [0.3, 0.4) is 0 Å². The van der Waals surface area contributed by atoms with Crippen molar-refractivity contribution in [1.29, 1.82) is 0 Å². The van der Waals surface area contributed by atoms with Crippen LogP contribution in [0.4, 0.5) is 5.82 Å². The summed E-state index contributed by atoms with van der Waals surface area (Å²) >= 11 is 0. The molecule has 1 amide bonds. The number of nitrogen functional groups attached to an aromatic ring is 1. The highest BCUT2D eigenvalue weighted by Gasteiger charge is 2.22. The maximum absolute atomic E-state index is 12.0. The summed E-state index contributed by atoms with van der Waals surface area (Å²) < 4.78 is 5.38. The van der Waals surface area contributed by atoms with Crippen LogP contribution >= 0.6 is 0 Å². The van der Waals surface area contributed by atoms with Crippen LogP contribution in [0, 0.1) is 0 Å². The van der Waals surface area contributed by atoms with Gasteiger partial charge in [-0.15, -0.1) is 0 Å². The van der Waals surface area contributed by atoms with E-state index in [1.165, 1.54) is 6.20 Å². The molecule has 2 rings (SSSR count). The monoisotopic (exact) mass is 221 g/mol. The molecule has 1 aliphatic rings. The molecule has 0 aliphatic carbocycles. The van der Waals surface area contributed by atoms with Crippen molar-refractivity contribution in [3.63, 3.8) is 0 Å². The lowest BCUT2D eigenvalue weighted by Crippen LogP contribution is -2.44. The molecule has 2 heterocycles. The van der Waals surface area contributed by atoms with Crippen LogP contribution in [0.1, 0.15) is 17.3 Å². The minimum Gasteiger partial charge on any atom is -0.384 e. The molecule has 0 aromatic carbocycles. The third-order valence-electron chi connectivity index (χ3n) is 2.56. The fraction of sp³-hybridized carbons (Fsp3) is 0.455. The number of anilines is 1. The Bertz CT molecular complexity index is 377. The van der Waals surface area contributed by atoms with E-state index in [1.54, 1.807) is 17.0 Å². The third-order valence-corrected chi connectivity index (χ3v) is 2.56. The summed E-state index contributed by atoms with van der Waals surface area (Å²) in [6.07, 6.45) is 1.61. The first-order chi connectivity index (χ1) is 7.66. The van der Waals surface area contributed by atoms with Crippen LogP contribution < -0.4 is 5.73 Å². The molecule has 86 valence electrons. The van der Waals surface area contributed by atoms with Gasteiger partial charge in [-0.1, -0.05) is 0 Å². The van der Waals surface area contributed by atoms with Gasteiger partial charge in [0.05, 0.1) is 18.3 Å². The van der Waals surface area contributed by atoms with Crippen molar-refractivity contribution in [3.8, 4) is 0 Å². The number of pyridine rings is 1. The van der Waals surface area contributed by atoms with Crippen molar-refractivity contribution in [2.24, 2.45) is 0 Å². The molecule has 0 saturated carbocycles. The molecular weight excluding hydrogens is 206 g/mol. The van der Waals surface area contributed by atoms with Crippen LogP contribution in [0.15, 0.2) is 18.3 Å². The summed E-state index contributed by atoms with van der Waals surface area (Å²) in [7, 11) is 0. The number of rotatable bonds is 1. The molecule has 0 spiro atoms. The molecule has 0 unspecified atom stereocenters. The molecule has 1 saturated heterocycles. The Labute approximate surface area is 94.2 Å². The number of nitrogens with zero attached hydrogens (tertiary/aromatic N) is 2. The number of carbonyl (C=O) groups excluding carboxylic acids is 1. The lowest BCUT2D eigenvalue weighted by Gasteiger charge is -2.31. The van der Waals surface area contributed by atoms with Gasteiger partial charge in [-0.25, -0.2) is 4.98 Å². The zero-order chi connectivity index (χ0) is 11.5. The average molecular weight is 221 g/mol. The van der Waals surface area contributed by atoms with Gasteiger partial charge in [-0.3, -0.25) is 4.79 Å².